The van der Waals surface area contributed by atoms with Gasteiger partial charge >= 0.3 is 0 Å². The molecule has 2 atom stereocenters. The van der Waals surface area contributed by atoms with Crippen LogP contribution in [0, 0.1) is 13.8 Å². The van der Waals surface area contributed by atoms with Crippen molar-refractivity contribution in [3.63, 3.8) is 0 Å². The van der Waals surface area contributed by atoms with E-state index in [1.165, 1.54) is 5.56 Å². The van der Waals surface area contributed by atoms with Crippen molar-refractivity contribution in [2.24, 2.45) is 0 Å². The molecule has 0 aliphatic carbocycles. The van der Waals surface area contributed by atoms with Gasteiger partial charge in [0, 0.05) is 17.6 Å². The molecule has 2 aromatic carbocycles. The summed E-state index contributed by atoms with van der Waals surface area (Å²) in [6, 6.07) is 14.1. The molecule has 0 fully saturated rings. The number of aryl methyl sites for hydroxylation is 2. The number of aliphatic hydroxyl groups is 1. The van der Waals surface area contributed by atoms with Gasteiger partial charge in [-0.25, -0.2) is 0 Å². The van der Waals surface area contributed by atoms with E-state index in [-0.39, 0.29) is 12.6 Å². The van der Waals surface area contributed by atoms with Gasteiger partial charge in [0.25, 0.3) is 0 Å². The summed E-state index contributed by atoms with van der Waals surface area (Å²) in [5.41, 5.74) is 3.16. The molecule has 2 N–H and O–H groups in total. The van der Waals surface area contributed by atoms with Gasteiger partial charge in [0.05, 0.1) is 0 Å². The van der Waals surface area contributed by atoms with Crippen molar-refractivity contribution < 1.29 is 9.84 Å². The number of ether oxygens (including phenoxy) is 1. The maximum absolute atomic E-state index is 10.1. The van der Waals surface area contributed by atoms with Gasteiger partial charge in [0.1, 0.15) is 18.5 Å². The monoisotopic (exact) mass is 333 g/mol. The van der Waals surface area contributed by atoms with Crippen LogP contribution < -0.4 is 10.1 Å². The predicted molar refractivity (Wildman–Crippen MR) is 95.3 cm³/mol. The lowest BCUT2D eigenvalue weighted by atomic mass is 10.1. The molecule has 0 spiro atoms. The minimum atomic E-state index is -0.572. The molecule has 0 amide bonds. The number of aliphatic hydroxyl groups excluding tert-OH is 1. The molecule has 0 aromatic heterocycles. The van der Waals surface area contributed by atoms with Gasteiger partial charge in [-0.2, -0.15) is 0 Å². The number of hydrogen-bond acceptors (Lipinski definition) is 3. The highest BCUT2D eigenvalue weighted by molar-refractivity contribution is 6.32. The summed E-state index contributed by atoms with van der Waals surface area (Å²) < 4.78 is 5.67. The second-order valence-electron chi connectivity index (χ2n) is 5.88. The van der Waals surface area contributed by atoms with Crippen molar-refractivity contribution in [1.82, 2.24) is 5.32 Å². The molecule has 2 rings (SSSR count). The summed E-state index contributed by atoms with van der Waals surface area (Å²) in [6.45, 7) is 6.69. The molecule has 0 saturated heterocycles. The zero-order chi connectivity index (χ0) is 16.8. The zero-order valence-corrected chi connectivity index (χ0v) is 14.6. The summed E-state index contributed by atoms with van der Waals surface area (Å²) in [6.07, 6.45) is -0.572. The highest BCUT2D eigenvalue weighted by atomic mass is 35.5. The number of rotatable bonds is 7. The Kier molecular flexibility index (Phi) is 6.46. The third-order valence-corrected chi connectivity index (χ3v) is 4.41. The van der Waals surface area contributed by atoms with Crippen LogP contribution >= 0.6 is 11.6 Å². The van der Waals surface area contributed by atoms with Crippen LogP contribution in [0.1, 0.15) is 29.7 Å². The molecule has 0 bridgehead atoms. The quantitative estimate of drug-likeness (QED) is 0.803. The summed E-state index contributed by atoms with van der Waals surface area (Å²) in [7, 11) is 0. The Labute approximate surface area is 143 Å². The summed E-state index contributed by atoms with van der Waals surface area (Å²) in [4.78, 5) is 0. The van der Waals surface area contributed by atoms with E-state index in [0.29, 0.717) is 6.54 Å². The first-order valence-electron chi connectivity index (χ1n) is 7.83. The molecule has 3 nitrogen and oxygen atoms in total. The Morgan fingerprint density at radius 1 is 1.13 bits per heavy atom. The molecule has 0 saturated carbocycles. The lowest BCUT2D eigenvalue weighted by Crippen LogP contribution is -2.33. The average Bonchev–Trinajstić information content (AvgIpc) is 2.56. The van der Waals surface area contributed by atoms with Gasteiger partial charge in [-0.15, -0.1) is 0 Å². The van der Waals surface area contributed by atoms with Gasteiger partial charge in [0.2, 0.25) is 0 Å². The summed E-state index contributed by atoms with van der Waals surface area (Å²) >= 11 is 6.14. The van der Waals surface area contributed by atoms with Gasteiger partial charge < -0.3 is 15.2 Å². The van der Waals surface area contributed by atoms with Crippen molar-refractivity contribution >= 4 is 11.6 Å². The number of benzene rings is 2. The molecule has 4 heteroatoms. The largest absolute Gasteiger partial charge is 0.491 e. The third kappa shape index (κ3) is 5.24. The number of hydrogen-bond donors (Lipinski definition) is 2. The second-order valence-corrected chi connectivity index (χ2v) is 6.25. The van der Waals surface area contributed by atoms with E-state index in [0.717, 1.165) is 21.9 Å². The lowest BCUT2D eigenvalue weighted by Gasteiger charge is -2.18. The molecule has 124 valence electrons. The van der Waals surface area contributed by atoms with E-state index < -0.39 is 6.10 Å². The van der Waals surface area contributed by atoms with Crippen molar-refractivity contribution in [2.75, 3.05) is 13.2 Å². The topological polar surface area (TPSA) is 41.5 Å². The molecule has 23 heavy (non-hydrogen) atoms. The minimum absolute atomic E-state index is 0.186. The fraction of sp³-hybridized carbons (Fsp3) is 0.368. The lowest BCUT2D eigenvalue weighted by molar-refractivity contribution is 0.104. The van der Waals surface area contributed by atoms with E-state index in [1.807, 2.05) is 44.2 Å². The Hall–Kier alpha value is -1.55. The molecular weight excluding hydrogens is 310 g/mol. The Morgan fingerprint density at radius 2 is 1.74 bits per heavy atom. The van der Waals surface area contributed by atoms with Crippen molar-refractivity contribution in [3.8, 4) is 5.75 Å². The van der Waals surface area contributed by atoms with E-state index in [1.54, 1.807) is 0 Å². The van der Waals surface area contributed by atoms with E-state index in [2.05, 4.69) is 24.4 Å². The van der Waals surface area contributed by atoms with E-state index in [9.17, 15) is 5.11 Å². The first kappa shape index (κ1) is 17.8. The van der Waals surface area contributed by atoms with Crippen LogP contribution in [0.5, 0.6) is 5.75 Å². The van der Waals surface area contributed by atoms with Crippen LogP contribution in [-0.4, -0.2) is 24.4 Å². The number of halogens is 1. The molecular formula is C19H24ClNO2. The highest BCUT2D eigenvalue weighted by Gasteiger charge is 2.10. The summed E-state index contributed by atoms with van der Waals surface area (Å²) in [5.74, 6) is 0.736. The van der Waals surface area contributed by atoms with Crippen LogP contribution in [0.15, 0.2) is 42.5 Å². The molecule has 0 unspecified atom stereocenters. The van der Waals surface area contributed by atoms with Crippen molar-refractivity contribution in [3.05, 3.63) is 64.2 Å². The fourth-order valence-corrected chi connectivity index (χ4v) is 2.52. The maximum atomic E-state index is 10.1. The maximum Gasteiger partial charge on any atom is 0.120 e. The predicted octanol–water partition coefficient (Wildman–Crippen LogP) is 4.05. The normalized spacial score (nSPS) is 13.6. The summed E-state index contributed by atoms with van der Waals surface area (Å²) in [5, 5.41) is 14.2. The van der Waals surface area contributed by atoms with Gasteiger partial charge in [-0.1, -0.05) is 41.9 Å². The first-order chi connectivity index (χ1) is 11.0. The van der Waals surface area contributed by atoms with E-state index >= 15 is 0 Å². The van der Waals surface area contributed by atoms with Crippen LogP contribution in [0.2, 0.25) is 5.02 Å². The smallest absolute Gasteiger partial charge is 0.120 e. The third-order valence-electron chi connectivity index (χ3n) is 3.81. The zero-order valence-electron chi connectivity index (χ0n) is 13.8. The molecule has 0 aliphatic heterocycles. The highest BCUT2D eigenvalue weighted by Crippen LogP contribution is 2.25. The van der Waals surface area contributed by atoms with Crippen LogP contribution in [0.3, 0.4) is 0 Å². The first-order valence-corrected chi connectivity index (χ1v) is 8.21. The molecule has 0 heterocycles. The van der Waals surface area contributed by atoms with E-state index in [4.69, 9.17) is 16.3 Å². The Bertz CT molecular complexity index is 608. The molecule has 2 aromatic rings. The molecule has 0 aliphatic rings. The van der Waals surface area contributed by atoms with Crippen LogP contribution in [0.4, 0.5) is 0 Å². The van der Waals surface area contributed by atoms with Crippen LogP contribution in [0.25, 0.3) is 0 Å². The molecule has 0 radical (unpaired) electrons. The van der Waals surface area contributed by atoms with Crippen molar-refractivity contribution in [1.29, 1.82) is 0 Å². The Morgan fingerprint density at radius 3 is 2.35 bits per heavy atom. The standard InChI is InChI=1S/C19H24ClNO2/c1-13-9-18(10-14(2)19(13)20)23-12-17(22)11-21-15(3)16-7-5-4-6-8-16/h4-10,15,17,21-22H,11-12H2,1-3H3/t15-,17+/m0/s1. The minimum Gasteiger partial charge on any atom is -0.491 e. The van der Waals surface area contributed by atoms with Crippen molar-refractivity contribution in [2.45, 2.75) is 32.9 Å². The fourth-order valence-electron chi connectivity index (χ4n) is 2.41. The number of nitrogens with one attached hydrogen (secondary N) is 1. The Balaban J connectivity index is 1.80. The van der Waals surface area contributed by atoms with Gasteiger partial charge in [0.15, 0.2) is 0 Å². The van der Waals surface area contributed by atoms with Crippen LogP contribution in [-0.2, 0) is 0 Å². The van der Waals surface area contributed by atoms with Gasteiger partial charge in [-0.3, -0.25) is 0 Å². The average molecular weight is 334 g/mol. The SMILES string of the molecule is Cc1cc(OC[C@H](O)CN[C@@H](C)c2ccccc2)cc(C)c1Cl. The second kappa shape index (κ2) is 8.34. The van der Waals surface area contributed by atoms with Gasteiger partial charge in [-0.05, 0) is 49.6 Å².